The van der Waals surface area contributed by atoms with Gasteiger partial charge in [0.2, 0.25) is 5.95 Å². The molecule has 3 aromatic rings. The number of benzene rings is 1. The molecular weight excluding hydrogens is 338 g/mol. The predicted octanol–water partition coefficient (Wildman–Crippen LogP) is 3.68. The molecule has 0 saturated heterocycles. The zero-order chi connectivity index (χ0) is 18.5. The highest BCUT2D eigenvalue weighted by Crippen LogP contribution is 2.20. The number of carbonyl (C=O) groups excluding carboxylic acids is 1. The van der Waals surface area contributed by atoms with Crippen LogP contribution in [-0.4, -0.2) is 33.4 Å². The first-order valence-corrected chi connectivity index (χ1v) is 9.71. The number of aromatic amines is 1. The van der Waals surface area contributed by atoms with Gasteiger partial charge < -0.3 is 15.6 Å². The van der Waals surface area contributed by atoms with E-state index in [0.29, 0.717) is 24.1 Å². The Morgan fingerprint density at radius 3 is 2.70 bits per heavy atom. The molecule has 6 heteroatoms. The fourth-order valence-electron chi connectivity index (χ4n) is 3.70. The van der Waals surface area contributed by atoms with Crippen molar-refractivity contribution in [1.82, 2.24) is 20.3 Å². The first kappa shape index (κ1) is 17.5. The molecule has 1 fully saturated rings. The molecule has 3 N–H and O–H groups in total. The number of rotatable bonds is 6. The van der Waals surface area contributed by atoms with E-state index in [4.69, 9.17) is 0 Å². The number of hydrogen-bond acceptors (Lipinski definition) is 4. The molecular formula is C21H25N5O. The summed E-state index contributed by atoms with van der Waals surface area (Å²) < 4.78 is 0. The molecule has 27 heavy (non-hydrogen) atoms. The van der Waals surface area contributed by atoms with Gasteiger partial charge in [0, 0.05) is 42.1 Å². The molecule has 1 saturated carbocycles. The van der Waals surface area contributed by atoms with Gasteiger partial charge in [0.1, 0.15) is 0 Å². The third-order valence-electron chi connectivity index (χ3n) is 5.21. The summed E-state index contributed by atoms with van der Waals surface area (Å²) in [6.45, 7) is 0.572. The van der Waals surface area contributed by atoms with Crippen LogP contribution < -0.4 is 10.6 Å². The van der Waals surface area contributed by atoms with Gasteiger partial charge in [-0.25, -0.2) is 9.97 Å². The lowest BCUT2D eigenvalue weighted by Gasteiger charge is -2.22. The summed E-state index contributed by atoms with van der Waals surface area (Å²) in [7, 11) is 0. The van der Waals surface area contributed by atoms with Crippen molar-refractivity contribution in [2.75, 3.05) is 11.9 Å². The molecule has 4 rings (SSSR count). The molecule has 2 heterocycles. The number of nitrogens with zero attached hydrogens (tertiary/aromatic N) is 2. The fourth-order valence-corrected chi connectivity index (χ4v) is 3.70. The van der Waals surface area contributed by atoms with Gasteiger partial charge in [-0.05, 0) is 30.9 Å². The minimum Gasteiger partial charge on any atom is -0.361 e. The highest BCUT2D eigenvalue weighted by Gasteiger charge is 2.14. The second-order valence-electron chi connectivity index (χ2n) is 7.14. The monoisotopic (exact) mass is 363 g/mol. The van der Waals surface area contributed by atoms with E-state index >= 15 is 0 Å². The lowest BCUT2D eigenvalue weighted by atomic mass is 9.96. The van der Waals surface area contributed by atoms with Crippen LogP contribution in [0.4, 0.5) is 5.95 Å². The molecule has 2 aromatic heterocycles. The molecule has 1 amide bonds. The predicted molar refractivity (Wildman–Crippen MR) is 107 cm³/mol. The maximum absolute atomic E-state index is 12.3. The number of carbonyl (C=O) groups is 1. The van der Waals surface area contributed by atoms with Crippen molar-refractivity contribution in [2.24, 2.45) is 0 Å². The smallest absolute Gasteiger partial charge is 0.254 e. The largest absolute Gasteiger partial charge is 0.361 e. The van der Waals surface area contributed by atoms with Gasteiger partial charge in [-0.15, -0.1) is 0 Å². The van der Waals surface area contributed by atoms with E-state index in [-0.39, 0.29) is 5.91 Å². The Hall–Kier alpha value is -2.89. The Morgan fingerprint density at radius 1 is 1.11 bits per heavy atom. The molecule has 1 aromatic carbocycles. The Morgan fingerprint density at radius 2 is 1.89 bits per heavy atom. The van der Waals surface area contributed by atoms with E-state index in [0.717, 1.165) is 11.9 Å². The minimum absolute atomic E-state index is 0.140. The van der Waals surface area contributed by atoms with E-state index in [1.807, 2.05) is 18.3 Å². The number of anilines is 1. The van der Waals surface area contributed by atoms with E-state index in [1.54, 1.807) is 12.4 Å². The summed E-state index contributed by atoms with van der Waals surface area (Å²) in [5.74, 6) is 0.469. The second-order valence-corrected chi connectivity index (χ2v) is 7.14. The van der Waals surface area contributed by atoms with Crippen molar-refractivity contribution in [3.63, 3.8) is 0 Å². The zero-order valence-electron chi connectivity index (χ0n) is 15.4. The van der Waals surface area contributed by atoms with E-state index in [9.17, 15) is 4.79 Å². The maximum atomic E-state index is 12.3. The normalized spacial score (nSPS) is 15.0. The average molecular weight is 363 g/mol. The van der Waals surface area contributed by atoms with Crippen LogP contribution in [-0.2, 0) is 6.42 Å². The Balaban J connectivity index is 1.29. The second kappa shape index (κ2) is 8.20. The molecule has 0 radical (unpaired) electrons. The highest BCUT2D eigenvalue weighted by molar-refractivity contribution is 5.93. The van der Waals surface area contributed by atoms with Crippen LogP contribution in [0.25, 0.3) is 10.9 Å². The van der Waals surface area contributed by atoms with Crippen LogP contribution in [0, 0.1) is 0 Å². The summed E-state index contributed by atoms with van der Waals surface area (Å²) in [6, 6.07) is 8.64. The molecule has 1 aliphatic carbocycles. The summed E-state index contributed by atoms with van der Waals surface area (Å²) in [4.78, 5) is 24.2. The highest BCUT2D eigenvalue weighted by atomic mass is 16.1. The molecule has 140 valence electrons. The molecule has 0 aliphatic heterocycles. The topological polar surface area (TPSA) is 82.7 Å². The molecule has 1 aliphatic rings. The summed E-state index contributed by atoms with van der Waals surface area (Å²) in [5, 5.41) is 7.52. The lowest BCUT2D eigenvalue weighted by Crippen LogP contribution is -2.26. The van der Waals surface area contributed by atoms with Gasteiger partial charge in [0.15, 0.2) is 0 Å². The standard InChI is InChI=1S/C21H25N5O/c27-20(22-11-10-15-12-23-19-9-5-4-8-18(15)19)16-13-24-21(25-14-16)26-17-6-2-1-3-7-17/h4-5,8-9,12-14,17,23H,1-3,6-7,10-11H2,(H,22,27)(H,24,25,26). The molecule has 0 spiro atoms. The number of nitrogens with one attached hydrogen (secondary N) is 3. The van der Waals surface area contributed by atoms with Gasteiger partial charge >= 0.3 is 0 Å². The van der Waals surface area contributed by atoms with Gasteiger partial charge in [0.25, 0.3) is 5.91 Å². The number of amides is 1. The summed E-state index contributed by atoms with van der Waals surface area (Å²) in [6.07, 6.45) is 12.1. The van der Waals surface area contributed by atoms with E-state index in [2.05, 4.69) is 37.7 Å². The average Bonchev–Trinajstić information content (AvgIpc) is 3.12. The van der Waals surface area contributed by atoms with E-state index < -0.39 is 0 Å². The van der Waals surface area contributed by atoms with Crippen LogP contribution in [0.2, 0.25) is 0 Å². The summed E-state index contributed by atoms with van der Waals surface area (Å²) >= 11 is 0. The SMILES string of the molecule is O=C(NCCc1c[nH]c2ccccc12)c1cnc(NC2CCCCC2)nc1. The van der Waals surface area contributed by atoms with Gasteiger partial charge in [0.05, 0.1) is 5.56 Å². The zero-order valence-corrected chi connectivity index (χ0v) is 15.4. The first-order chi connectivity index (χ1) is 13.3. The Kier molecular flexibility index (Phi) is 5.32. The summed E-state index contributed by atoms with van der Waals surface area (Å²) in [5.41, 5.74) is 2.81. The van der Waals surface area contributed by atoms with E-state index in [1.165, 1.54) is 43.1 Å². The third kappa shape index (κ3) is 4.27. The van der Waals surface area contributed by atoms with Gasteiger partial charge in [-0.1, -0.05) is 37.5 Å². The van der Waals surface area contributed by atoms with Crippen molar-refractivity contribution >= 4 is 22.8 Å². The quantitative estimate of drug-likeness (QED) is 0.624. The van der Waals surface area contributed by atoms with Crippen molar-refractivity contribution in [3.8, 4) is 0 Å². The van der Waals surface area contributed by atoms with Crippen molar-refractivity contribution in [1.29, 1.82) is 0 Å². The molecule has 0 unspecified atom stereocenters. The van der Waals surface area contributed by atoms with Crippen LogP contribution in [0.1, 0.15) is 48.0 Å². The Bertz CT molecular complexity index is 896. The fraction of sp³-hybridized carbons (Fsp3) is 0.381. The van der Waals surface area contributed by atoms with Crippen molar-refractivity contribution in [2.45, 2.75) is 44.6 Å². The van der Waals surface area contributed by atoms with Crippen LogP contribution in [0.3, 0.4) is 0 Å². The number of aromatic nitrogens is 3. The van der Waals surface area contributed by atoms with Gasteiger partial charge in [-0.2, -0.15) is 0 Å². The maximum Gasteiger partial charge on any atom is 0.254 e. The Labute approximate surface area is 158 Å². The molecule has 0 bridgehead atoms. The lowest BCUT2D eigenvalue weighted by molar-refractivity contribution is 0.0953. The minimum atomic E-state index is -0.140. The molecule has 0 atom stereocenters. The number of hydrogen-bond donors (Lipinski definition) is 3. The van der Waals surface area contributed by atoms with Gasteiger partial charge in [-0.3, -0.25) is 4.79 Å². The number of fused-ring (bicyclic) bond motifs is 1. The molecule has 6 nitrogen and oxygen atoms in total. The van der Waals surface area contributed by atoms with Crippen LogP contribution in [0.15, 0.2) is 42.9 Å². The number of H-pyrrole nitrogens is 1. The number of para-hydroxylation sites is 1. The van der Waals surface area contributed by atoms with Crippen LogP contribution in [0.5, 0.6) is 0 Å². The van der Waals surface area contributed by atoms with Crippen molar-refractivity contribution in [3.05, 3.63) is 54.0 Å². The first-order valence-electron chi connectivity index (χ1n) is 9.71. The van der Waals surface area contributed by atoms with Crippen LogP contribution >= 0.6 is 0 Å². The third-order valence-corrected chi connectivity index (χ3v) is 5.21. The van der Waals surface area contributed by atoms with Crippen molar-refractivity contribution < 1.29 is 4.79 Å².